The summed E-state index contributed by atoms with van der Waals surface area (Å²) in [5, 5.41) is 6.45. The average molecular weight is 624 g/mol. The van der Waals surface area contributed by atoms with Crippen LogP contribution < -0.4 is 20.1 Å². The van der Waals surface area contributed by atoms with Crippen molar-refractivity contribution >= 4 is 32.4 Å². The molecule has 0 radical (unpaired) electrons. The molecular weight excluding hydrogens is 597 g/mol. The summed E-state index contributed by atoms with van der Waals surface area (Å²) < 4.78 is 99.5. The van der Waals surface area contributed by atoms with Gasteiger partial charge in [0.15, 0.2) is 0 Å². The molecule has 2 aromatic heterocycles. The van der Waals surface area contributed by atoms with Crippen molar-refractivity contribution in [2.45, 2.75) is 38.2 Å². The topological polar surface area (TPSA) is 131 Å². The molecule has 43 heavy (non-hydrogen) atoms. The van der Waals surface area contributed by atoms with Crippen molar-refractivity contribution in [1.82, 2.24) is 25.3 Å². The molecule has 0 spiro atoms. The van der Waals surface area contributed by atoms with Gasteiger partial charge in [0.1, 0.15) is 24.1 Å². The first-order chi connectivity index (χ1) is 20.4. The SMILES string of the molecule is Cc1ccc2c(NS(=O)(=O)CCC(F)(F)F)c(F)ccc2c1Oc1ncncc1-c1ccnc(N[C@@H]2CNC[C@@H](F)C2)n1. The first-order valence-corrected chi connectivity index (χ1v) is 14.8. The lowest BCUT2D eigenvalue weighted by molar-refractivity contribution is -0.129. The Balaban J connectivity index is 1.47. The van der Waals surface area contributed by atoms with Gasteiger partial charge in [0.25, 0.3) is 0 Å². The summed E-state index contributed by atoms with van der Waals surface area (Å²) in [6.45, 7) is 2.53. The zero-order valence-electron chi connectivity index (χ0n) is 22.6. The normalized spacial score (nSPS) is 17.5. The van der Waals surface area contributed by atoms with E-state index in [0.717, 1.165) is 6.07 Å². The zero-order chi connectivity index (χ0) is 30.8. The molecule has 1 aliphatic heterocycles. The van der Waals surface area contributed by atoms with Gasteiger partial charge >= 0.3 is 6.18 Å². The molecule has 16 heteroatoms. The minimum Gasteiger partial charge on any atom is -0.437 e. The van der Waals surface area contributed by atoms with Crippen molar-refractivity contribution in [1.29, 1.82) is 0 Å². The summed E-state index contributed by atoms with van der Waals surface area (Å²) in [7, 11) is -4.54. The van der Waals surface area contributed by atoms with Crippen molar-refractivity contribution < 1.29 is 35.1 Å². The first-order valence-electron chi connectivity index (χ1n) is 13.1. The minimum absolute atomic E-state index is 0.0626. The number of aryl methyl sites for hydroxylation is 1. The average Bonchev–Trinajstić information content (AvgIpc) is 2.95. The van der Waals surface area contributed by atoms with Gasteiger partial charge in [-0.15, -0.1) is 0 Å². The molecule has 1 aliphatic rings. The first kappa shape index (κ1) is 30.3. The Bertz CT molecular complexity index is 1740. The highest BCUT2D eigenvalue weighted by Gasteiger charge is 2.30. The van der Waals surface area contributed by atoms with Crippen molar-refractivity contribution in [2.75, 3.05) is 28.9 Å². The molecule has 228 valence electrons. The summed E-state index contributed by atoms with van der Waals surface area (Å²) in [4.78, 5) is 17.0. The summed E-state index contributed by atoms with van der Waals surface area (Å²) >= 11 is 0. The van der Waals surface area contributed by atoms with Gasteiger partial charge in [-0.05, 0) is 30.7 Å². The lowest BCUT2D eigenvalue weighted by Gasteiger charge is -2.26. The molecule has 0 unspecified atom stereocenters. The number of piperidine rings is 1. The Morgan fingerprint density at radius 3 is 2.65 bits per heavy atom. The summed E-state index contributed by atoms with van der Waals surface area (Å²) in [5.41, 5.74) is 0.817. The van der Waals surface area contributed by atoms with Crippen LogP contribution in [-0.2, 0) is 10.0 Å². The standard InChI is InChI=1S/C27H26F5N7O3S/c1-15-2-3-18-19(4-5-21(29)23(18)39-43(40,41)9-7-27(30,31)32)24(15)42-25-20(13-34-14-36-25)22-6-8-35-26(38-22)37-17-10-16(28)11-33-12-17/h2-6,8,13-14,16-17,33,39H,7,9-12H2,1H3,(H,35,37,38)/t16-,17-/m0/s1. The number of anilines is 2. The largest absolute Gasteiger partial charge is 0.437 e. The van der Waals surface area contributed by atoms with Gasteiger partial charge in [-0.2, -0.15) is 13.2 Å². The van der Waals surface area contributed by atoms with E-state index < -0.39 is 46.0 Å². The van der Waals surface area contributed by atoms with E-state index in [1.807, 2.05) is 4.72 Å². The van der Waals surface area contributed by atoms with Crippen LogP contribution in [0.25, 0.3) is 22.0 Å². The number of ether oxygens (including phenoxy) is 1. The van der Waals surface area contributed by atoms with E-state index in [2.05, 4.69) is 30.6 Å². The van der Waals surface area contributed by atoms with Gasteiger partial charge in [0.05, 0.1) is 29.1 Å². The number of alkyl halides is 4. The van der Waals surface area contributed by atoms with Crippen LogP contribution in [0.2, 0.25) is 0 Å². The molecular formula is C27H26F5N7O3S. The van der Waals surface area contributed by atoms with Gasteiger partial charge in [-0.1, -0.05) is 12.1 Å². The Hall–Kier alpha value is -4.18. The number of rotatable bonds is 9. The van der Waals surface area contributed by atoms with Gasteiger partial charge in [0.2, 0.25) is 21.9 Å². The third-order valence-electron chi connectivity index (χ3n) is 6.65. The maximum atomic E-state index is 14.8. The molecule has 10 nitrogen and oxygen atoms in total. The number of sulfonamides is 1. The summed E-state index contributed by atoms with van der Waals surface area (Å²) in [6, 6.07) is 6.72. The van der Waals surface area contributed by atoms with E-state index in [-0.39, 0.29) is 40.9 Å². The number of aromatic nitrogens is 4. The second-order valence-electron chi connectivity index (χ2n) is 9.96. The highest BCUT2D eigenvalue weighted by molar-refractivity contribution is 7.92. The van der Waals surface area contributed by atoms with Gasteiger partial charge < -0.3 is 15.4 Å². The van der Waals surface area contributed by atoms with Crippen LogP contribution in [-0.4, -0.2) is 65.6 Å². The lowest BCUT2D eigenvalue weighted by atomic mass is 10.0. The predicted molar refractivity (Wildman–Crippen MR) is 150 cm³/mol. The summed E-state index contributed by atoms with van der Waals surface area (Å²) in [6.07, 6.45) is -2.77. The maximum absolute atomic E-state index is 14.8. The zero-order valence-corrected chi connectivity index (χ0v) is 23.4. The van der Waals surface area contributed by atoms with E-state index in [9.17, 15) is 30.4 Å². The molecule has 1 fully saturated rings. The number of benzene rings is 2. The maximum Gasteiger partial charge on any atom is 0.390 e. The molecule has 3 heterocycles. The molecule has 0 bridgehead atoms. The Labute approximate surface area is 243 Å². The van der Waals surface area contributed by atoms with Crippen LogP contribution in [0.1, 0.15) is 18.4 Å². The Kier molecular flexibility index (Phi) is 8.59. The van der Waals surface area contributed by atoms with Crippen LogP contribution in [0, 0.1) is 12.7 Å². The number of hydrogen-bond acceptors (Lipinski definition) is 9. The van der Waals surface area contributed by atoms with Crippen LogP contribution >= 0.6 is 0 Å². The van der Waals surface area contributed by atoms with Gasteiger partial charge in [-0.3, -0.25) is 4.72 Å². The highest BCUT2D eigenvalue weighted by Crippen LogP contribution is 2.39. The molecule has 1 saturated heterocycles. The fraction of sp³-hybridized carbons (Fsp3) is 0.333. The molecule has 2 aromatic carbocycles. The number of halogens is 5. The summed E-state index contributed by atoms with van der Waals surface area (Å²) in [5.74, 6) is -1.73. The fourth-order valence-corrected chi connectivity index (χ4v) is 5.71. The van der Waals surface area contributed by atoms with Gasteiger partial charge in [-0.25, -0.2) is 37.1 Å². The molecule has 0 aliphatic carbocycles. The van der Waals surface area contributed by atoms with Crippen LogP contribution in [0.5, 0.6) is 11.6 Å². The molecule has 0 amide bonds. The van der Waals surface area contributed by atoms with Crippen molar-refractivity contribution in [3.8, 4) is 22.9 Å². The number of hydrogen-bond donors (Lipinski definition) is 3. The fourth-order valence-electron chi connectivity index (χ4n) is 4.59. The Morgan fingerprint density at radius 1 is 1.09 bits per heavy atom. The highest BCUT2D eigenvalue weighted by atomic mass is 32.2. The predicted octanol–water partition coefficient (Wildman–Crippen LogP) is 5.13. The van der Waals surface area contributed by atoms with Crippen LogP contribution in [0.3, 0.4) is 0 Å². The monoisotopic (exact) mass is 623 g/mol. The smallest absolute Gasteiger partial charge is 0.390 e. The molecule has 2 atom stereocenters. The van der Waals surface area contributed by atoms with E-state index in [4.69, 9.17) is 4.74 Å². The number of nitrogens with one attached hydrogen (secondary N) is 3. The molecule has 0 saturated carbocycles. The Morgan fingerprint density at radius 2 is 1.88 bits per heavy atom. The second kappa shape index (κ2) is 12.2. The van der Waals surface area contributed by atoms with Crippen molar-refractivity contribution in [3.63, 3.8) is 0 Å². The van der Waals surface area contributed by atoms with Crippen molar-refractivity contribution in [2.24, 2.45) is 0 Å². The lowest BCUT2D eigenvalue weighted by Crippen LogP contribution is -2.44. The quantitative estimate of drug-likeness (QED) is 0.217. The third-order valence-corrected chi connectivity index (χ3v) is 7.90. The molecule has 5 rings (SSSR count). The van der Waals surface area contributed by atoms with Crippen LogP contribution in [0.15, 0.2) is 49.1 Å². The van der Waals surface area contributed by atoms with E-state index in [0.29, 0.717) is 29.8 Å². The number of nitrogens with zero attached hydrogens (tertiary/aromatic N) is 4. The van der Waals surface area contributed by atoms with E-state index in [1.54, 1.807) is 19.1 Å². The van der Waals surface area contributed by atoms with Crippen molar-refractivity contribution in [3.05, 3.63) is 60.4 Å². The molecule has 4 aromatic rings. The van der Waals surface area contributed by atoms with E-state index >= 15 is 0 Å². The van der Waals surface area contributed by atoms with E-state index in [1.165, 1.54) is 30.9 Å². The minimum atomic E-state index is -4.70. The second-order valence-corrected chi connectivity index (χ2v) is 11.8. The molecule has 3 N–H and O–H groups in total. The number of fused-ring (bicyclic) bond motifs is 1. The van der Waals surface area contributed by atoms with Gasteiger partial charge in [0, 0.05) is 48.7 Å². The third kappa shape index (κ3) is 7.43. The van der Waals surface area contributed by atoms with Crippen LogP contribution in [0.4, 0.5) is 33.6 Å².